The van der Waals surface area contributed by atoms with Crippen LogP contribution in [-0.2, 0) is 6.54 Å². The molecule has 0 amide bonds. The Bertz CT molecular complexity index is 404. The number of nitrogens with zero attached hydrogens (tertiary/aromatic N) is 1. The molecule has 0 aliphatic carbocycles. The molecule has 2 nitrogen and oxygen atoms in total. The minimum absolute atomic E-state index is 0. The standard InChI is InChI=1S/C14H22N2S.ClH/c1-10-7-13(11(2)17-10)9-16-6-4-14-12(8-16)3-5-15-14;/h7,12,14-15H,3-6,8-9H2,1-2H3;1H. The molecule has 0 aromatic carbocycles. The molecule has 1 N–H and O–H groups in total. The average molecular weight is 287 g/mol. The van der Waals surface area contributed by atoms with E-state index in [1.54, 1.807) is 5.56 Å². The molecule has 1 aromatic heterocycles. The zero-order chi connectivity index (χ0) is 11.8. The van der Waals surface area contributed by atoms with Crippen LogP contribution in [0.2, 0.25) is 0 Å². The van der Waals surface area contributed by atoms with E-state index in [-0.39, 0.29) is 12.4 Å². The fraction of sp³-hybridized carbons (Fsp3) is 0.714. The molecule has 2 unspecified atom stereocenters. The number of thiophene rings is 1. The smallest absolute Gasteiger partial charge is 0.0244 e. The van der Waals surface area contributed by atoms with Gasteiger partial charge >= 0.3 is 0 Å². The Balaban J connectivity index is 0.00000120. The van der Waals surface area contributed by atoms with Gasteiger partial charge in [-0.25, -0.2) is 0 Å². The van der Waals surface area contributed by atoms with E-state index in [0.29, 0.717) is 0 Å². The minimum Gasteiger partial charge on any atom is -0.314 e. The van der Waals surface area contributed by atoms with Crippen molar-refractivity contribution in [1.29, 1.82) is 0 Å². The van der Waals surface area contributed by atoms with Gasteiger partial charge in [0.1, 0.15) is 0 Å². The van der Waals surface area contributed by atoms with Crippen LogP contribution in [0.4, 0.5) is 0 Å². The number of piperidine rings is 1. The third-order valence-electron chi connectivity index (χ3n) is 4.28. The van der Waals surface area contributed by atoms with Crippen molar-refractivity contribution in [3.05, 3.63) is 21.4 Å². The highest BCUT2D eigenvalue weighted by Gasteiger charge is 2.32. The van der Waals surface area contributed by atoms with Gasteiger partial charge < -0.3 is 5.32 Å². The normalized spacial score (nSPS) is 27.9. The van der Waals surface area contributed by atoms with Crippen LogP contribution in [-0.4, -0.2) is 30.6 Å². The third-order valence-corrected chi connectivity index (χ3v) is 5.29. The summed E-state index contributed by atoms with van der Waals surface area (Å²) in [5, 5.41) is 3.63. The van der Waals surface area contributed by atoms with Crippen LogP contribution in [0, 0.1) is 19.8 Å². The van der Waals surface area contributed by atoms with Gasteiger partial charge in [0.25, 0.3) is 0 Å². The number of hydrogen-bond acceptors (Lipinski definition) is 3. The topological polar surface area (TPSA) is 15.3 Å². The maximum absolute atomic E-state index is 3.63. The summed E-state index contributed by atoms with van der Waals surface area (Å²) < 4.78 is 0. The quantitative estimate of drug-likeness (QED) is 0.899. The number of halogens is 1. The van der Waals surface area contributed by atoms with Crippen LogP contribution in [0.3, 0.4) is 0 Å². The molecule has 0 bridgehead atoms. The summed E-state index contributed by atoms with van der Waals surface area (Å²) in [6.07, 6.45) is 2.72. The van der Waals surface area contributed by atoms with Gasteiger partial charge in [-0.15, -0.1) is 23.7 Å². The zero-order valence-electron chi connectivity index (χ0n) is 11.2. The minimum atomic E-state index is 0. The highest BCUT2D eigenvalue weighted by atomic mass is 35.5. The molecule has 2 aliphatic rings. The van der Waals surface area contributed by atoms with E-state index >= 15 is 0 Å². The van der Waals surface area contributed by atoms with Crippen LogP contribution in [0.5, 0.6) is 0 Å². The fourth-order valence-corrected chi connectivity index (χ4v) is 4.29. The van der Waals surface area contributed by atoms with E-state index < -0.39 is 0 Å². The Hall–Kier alpha value is -0.0900. The van der Waals surface area contributed by atoms with E-state index in [4.69, 9.17) is 0 Å². The molecule has 2 aliphatic heterocycles. The highest BCUT2D eigenvalue weighted by molar-refractivity contribution is 7.12. The zero-order valence-corrected chi connectivity index (χ0v) is 12.9. The predicted octanol–water partition coefficient (Wildman–Crippen LogP) is 2.97. The summed E-state index contributed by atoms with van der Waals surface area (Å²) in [5.74, 6) is 0.906. The first-order valence-corrected chi connectivity index (χ1v) is 7.55. The van der Waals surface area contributed by atoms with E-state index in [1.165, 1.54) is 48.8 Å². The van der Waals surface area contributed by atoms with Crippen molar-refractivity contribution >= 4 is 23.7 Å². The van der Waals surface area contributed by atoms with Crippen molar-refractivity contribution in [3.8, 4) is 0 Å². The van der Waals surface area contributed by atoms with Gasteiger partial charge in [-0.1, -0.05) is 0 Å². The lowest BCUT2D eigenvalue weighted by molar-refractivity contribution is 0.156. The van der Waals surface area contributed by atoms with Gasteiger partial charge in [0.2, 0.25) is 0 Å². The molecular weight excluding hydrogens is 264 g/mol. The molecular formula is C14H23ClN2S. The number of likely N-dealkylation sites (tertiary alicyclic amines) is 1. The van der Waals surface area contributed by atoms with Crippen LogP contribution in [0.15, 0.2) is 6.07 Å². The van der Waals surface area contributed by atoms with Gasteiger partial charge in [0, 0.05) is 28.9 Å². The average Bonchev–Trinajstić information content (AvgIpc) is 2.85. The maximum atomic E-state index is 3.63. The summed E-state index contributed by atoms with van der Waals surface area (Å²) in [6.45, 7) is 9.44. The molecule has 1 aromatic rings. The fourth-order valence-electron chi connectivity index (χ4n) is 3.35. The van der Waals surface area contributed by atoms with Crippen molar-refractivity contribution in [1.82, 2.24) is 10.2 Å². The van der Waals surface area contributed by atoms with Crippen LogP contribution in [0.25, 0.3) is 0 Å². The maximum Gasteiger partial charge on any atom is 0.0244 e. The molecule has 0 radical (unpaired) electrons. The number of aryl methyl sites for hydroxylation is 2. The molecule has 0 spiro atoms. The summed E-state index contributed by atoms with van der Waals surface area (Å²) >= 11 is 1.94. The first-order chi connectivity index (χ1) is 8.22. The van der Waals surface area contributed by atoms with Gasteiger partial charge in [-0.2, -0.15) is 0 Å². The Morgan fingerprint density at radius 2 is 2.22 bits per heavy atom. The van der Waals surface area contributed by atoms with E-state index in [2.05, 4.69) is 30.1 Å². The Morgan fingerprint density at radius 1 is 1.39 bits per heavy atom. The Morgan fingerprint density at radius 3 is 2.94 bits per heavy atom. The van der Waals surface area contributed by atoms with Crippen molar-refractivity contribution in [3.63, 3.8) is 0 Å². The SMILES string of the molecule is Cc1cc(CN2CCC3NCCC3C2)c(C)s1.Cl. The monoisotopic (exact) mass is 286 g/mol. The van der Waals surface area contributed by atoms with Crippen molar-refractivity contribution in [2.75, 3.05) is 19.6 Å². The van der Waals surface area contributed by atoms with Crippen LogP contribution >= 0.6 is 23.7 Å². The first-order valence-electron chi connectivity index (χ1n) is 6.74. The van der Waals surface area contributed by atoms with E-state index in [1.807, 2.05) is 11.3 Å². The number of fused-ring (bicyclic) bond motifs is 1. The second kappa shape index (κ2) is 5.91. The lowest BCUT2D eigenvalue weighted by atomic mass is 9.93. The molecule has 3 rings (SSSR count). The van der Waals surface area contributed by atoms with Crippen molar-refractivity contribution < 1.29 is 0 Å². The van der Waals surface area contributed by atoms with E-state index in [9.17, 15) is 0 Å². The third kappa shape index (κ3) is 2.90. The summed E-state index contributed by atoms with van der Waals surface area (Å²) in [6, 6.07) is 3.19. The molecule has 2 fully saturated rings. The molecule has 0 saturated carbocycles. The number of nitrogens with one attached hydrogen (secondary N) is 1. The van der Waals surface area contributed by atoms with Gasteiger partial charge in [-0.05, 0) is 57.3 Å². The van der Waals surface area contributed by atoms with Crippen LogP contribution < -0.4 is 5.32 Å². The molecule has 3 heterocycles. The molecule has 102 valence electrons. The lowest BCUT2D eigenvalue weighted by Crippen LogP contribution is -2.43. The van der Waals surface area contributed by atoms with Crippen molar-refractivity contribution in [2.24, 2.45) is 5.92 Å². The lowest BCUT2D eigenvalue weighted by Gasteiger charge is -2.34. The largest absolute Gasteiger partial charge is 0.314 e. The van der Waals surface area contributed by atoms with E-state index in [0.717, 1.165) is 12.0 Å². The molecule has 2 atom stereocenters. The molecule has 4 heteroatoms. The Labute approximate surface area is 120 Å². The predicted molar refractivity (Wildman–Crippen MR) is 80.8 cm³/mol. The molecule has 18 heavy (non-hydrogen) atoms. The first kappa shape index (κ1) is 14.3. The molecule has 2 saturated heterocycles. The van der Waals surface area contributed by atoms with Gasteiger partial charge in [0.15, 0.2) is 0 Å². The summed E-state index contributed by atoms with van der Waals surface area (Å²) in [5.41, 5.74) is 1.55. The summed E-state index contributed by atoms with van der Waals surface area (Å²) in [7, 11) is 0. The summed E-state index contributed by atoms with van der Waals surface area (Å²) in [4.78, 5) is 5.62. The highest BCUT2D eigenvalue weighted by Crippen LogP contribution is 2.27. The van der Waals surface area contributed by atoms with Crippen molar-refractivity contribution in [2.45, 2.75) is 39.3 Å². The second-order valence-electron chi connectivity index (χ2n) is 5.57. The number of hydrogen-bond donors (Lipinski definition) is 1. The number of rotatable bonds is 2. The van der Waals surface area contributed by atoms with Gasteiger partial charge in [-0.3, -0.25) is 4.90 Å². The second-order valence-corrected chi connectivity index (χ2v) is 7.03. The van der Waals surface area contributed by atoms with Gasteiger partial charge in [0.05, 0.1) is 0 Å². The Kier molecular flexibility index (Phi) is 4.70. The van der Waals surface area contributed by atoms with Crippen LogP contribution in [0.1, 0.15) is 28.2 Å².